The molecule has 22 heavy (non-hydrogen) atoms. The number of benzene rings is 2. The Labute approximate surface area is 129 Å². The van der Waals surface area contributed by atoms with Gasteiger partial charge in [0.2, 0.25) is 5.91 Å². The van der Waals surface area contributed by atoms with Crippen molar-refractivity contribution in [3.63, 3.8) is 0 Å². The SMILES string of the molecule is CCC(C(=O)Nc1ccc(CC(=O)O)cc1)c1ccccc1. The van der Waals surface area contributed by atoms with Crippen LogP contribution in [-0.2, 0) is 16.0 Å². The molecule has 2 aromatic rings. The second kappa shape index (κ2) is 7.41. The summed E-state index contributed by atoms with van der Waals surface area (Å²) in [6.45, 7) is 1.98. The number of aliphatic carboxylic acids is 1. The van der Waals surface area contributed by atoms with Gasteiger partial charge in [-0.2, -0.15) is 0 Å². The number of carbonyl (C=O) groups excluding carboxylic acids is 1. The molecule has 0 spiro atoms. The maximum atomic E-state index is 12.4. The van der Waals surface area contributed by atoms with Gasteiger partial charge >= 0.3 is 5.97 Å². The monoisotopic (exact) mass is 297 g/mol. The molecule has 1 amide bonds. The van der Waals surface area contributed by atoms with Crippen molar-refractivity contribution in [2.45, 2.75) is 25.7 Å². The zero-order valence-electron chi connectivity index (χ0n) is 12.5. The zero-order valence-corrected chi connectivity index (χ0v) is 12.5. The third-order valence-electron chi connectivity index (χ3n) is 3.50. The third kappa shape index (κ3) is 4.19. The summed E-state index contributed by atoms with van der Waals surface area (Å²) in [6, 6.07) is 16.6. The molecular formula is C18H19NO3. The smallest absolute Gasteiger partial charge is 0.307 e. The van der Waals surface area contributed by atoms with E-state index in [1.807, 2.05) is 37.3 Å². The Morgan fingerprint density at radius 2 is 1.68 bits per heavy atom. The van der Waals surface area contributed by atoms with Crippen molar-refractivity contribution in [3.05, 3.63) is 65.7 Å². The average molecular weight is 297 g/mol. The molecular weight excluding hydrogens is 278 g/mol. The minimum atomic E-state index is -0.869. The first-order chi connectivity index (χ1) is 10.6. The molecule has 0 radical (unpaired) electrons. The molecule has 0 bridgehead atoms. The van der Waals surface area contributed by atoms with Crippen molar-refractivity contribution < 1.29 is 14.7 Å². The highest BCUT2D eigenvalue weighted by molar-refractivity contribution is 5.95. The highest BCUT2D eigenvalue weighted by Crippen LogP contribution is 2.21. The molecule has 2 N–H and O–H groups in total. The van der Waals surface area contributed by atoms with Crippen molar-refractivity contribution in [1.29, 1.82) is 0 Å². The van der Waals surface area contributed by atoms with Crippen LogP contribution in [0.25, 0.3) is 0 Å². The van der Waals surface area contributed by atoms with Crippen molar-refractivity contribution >= 4 is 17.6 Å². The summed E-state index contributed by atoms with van der Waals surface area (Å²) in [4.78, 5) is 23.0. The summed E-state index contributed by atoms with van der Waals surface area (Å²) in [5.74, 6) is -1.12. The summed E-state index contributed by atoms with van der Waals surface area (Å²) >= 11 is 0. The zero-order chi connectivity index (χ0) is 15.9. The predicted molar refractivity (Wildman–Crippen MR) is 85.9 cm³/mol. The van der Waals surface area contributed by atoms with Gasteiger partial charge in [-0.25, -0.2) is 0 Å². The van der Waals surface area contributed by atoms with E-state index in [2.05, 4.69) is 5.32 Å². The number of nitrogens with one attached hydrogen (secondary N) is 1. The standard InChI is InChI=1S/C18H19NO3/c1-2-16(14-6-4-3-5-7-14)18(22)19-15-10-8-13(9-11-15)12-17(20)21/h3-11,16H,2,12H2,1H3,(H,19,22)(H,20,21). The van der Waals surface area contributed by atoms with Gasteiger partial charge in [-0.1, -0.05) is 49.4 Å². The van der Waals surface area contributed by atoms with Gasteiger partial charge in [0.25, 0.3) is 0 Å². The lowest BCUT2D eigenvalue weighted by Crippen LogP contribution is -2.20. The molecule has 114 valence electrons. The quantitative estimate of drug-likeness (QED) is 0.858. The predicted octanol–water partition coefficient (Wildman–Crippen LogP) is 3.45. The molecule has 2 rings (SSSR count). The van der Waals surface area contributed by atoms with Gasteiger partial charge in [0.15, 0.2) is 0 Å². The highest BCUT2D eigenvalue weighted by Gasteiger charge is 2.18. The number of hydrogen-bond donors (Lipinski definition) is 2. The Morgan fingerprint density at radius 1 is 1.05 bits per heavy atom. The number of carboxylic acids is 1. The Hall–Kier alpha value is -2.62. The molecule has 0 aromatic heterocycles. The van der Waals surface area contributed by atoms with Crippen LogP contribution in [0.15, 0.2) is 54.6 Å². The minimum Gasteiger partial charge on any atom is -0.481 e. The van der Waals surface area contributed by atoms with Crippen molar-refractivity contribution in [1.82, 2.24) is 0 Å². The third-order valence-corrected chi connectivity index (χ3v) is 3.50. The van der Waals surface area contributed by atoms with Gasteiger partial charge in [0.1, 0.15) is 0 Å². The lowest BCUT2D eigenvalue weighted by molar-refractivity contribution is -0.136. The first-order valence-electron chi connectivity index (χ1n) is 7.26. The molecule has 4 nitrogen and oxygen atoms in total. The minimum absolute atomic E-state index is 0.0180. The Morgan fingerprint density at radius 3 is 2.23 bits per heavy atom. The van der Waals surface area contributed by atoms with Crippen LogP contribution in [0.1, 0.15) is 30.4 Å². The van der Waals surface area contributed by atoms with Crippen LogP contribution in [0, 0.1) is 0 Å². The maximum absolute atomic E-state index is 12.4. The first-order valence-corrected chi connectivity index (χ1v) is 7.26. The topological polar surface area (TPSA) is 66.4 Å². The Bertz CT molecular complexity index is 635. The van der Waals surface area contributed by atoms with Crippen molar-refractivity contribution in [2.75, 3.05) is 5.32 Å². The fourth-order valence-corrected chi connectivity index (χ4v) is 2.37. The van der Waals surface area contributed by atoms with Crippen LogP contribution < -0.4 is 5.32 Å². The van der Waals surface area contributed by atoms with Crippen LogP contribution in [0.3, 0.4) is 0 Å². The van der Waals surface area contributed by atoms with Crippen LogP contribution >= 0.6 is 0 Å². The number of rotatable bonds is 6. The van der Waals surface area contributed by atoms with Gasteiger partial charge in [-0.15, -0.1) is 0 Å². The summed E-state index contributed by atoms with van der Waals surface area (Å²) in [6.07, 6.45) is 0.697. The largest absolute Gasteiger partial charge is 0.481 e. The van der Waals surface area contributed by atoms with Gasteiger partial charge in [0.05, 0.1) is 12.3 Å². The van der Waals surface area contributed by atoms with Crippen molar-refractivity contribution in [3.8, 4) is 0 Å². The Balaban J connectivity index is 2.05. The molecule has 0 aliphatic rings. The van der Waals surface area contributed by atoms with E-state index in [0.717, 1.165) is 5.56 Å². The van der Waals surface area contributed by atoms with E-state index in [-0.39, 0.29) is 18.2 Å². The van der Waals surface area contributed by atoms with E-state index in [9.17, 15) is 9.59 Å². The van der Waals surface area contributed by atoms with Crippen LogP contribution in [0.4, 0.5) is 5.69 Å². The maximum Gasteiger partial charge on any atom is 0.307 e. The number of carbonyl (C=O) groups is 2. The van der Waals surface area contributed by atoms with Gasteiger partial charge in [-0.3, -0.25) is 9.59 Å². The second-order valence-electron chi connectivity index (χ2n) is 5.13. The van der Waals surface area contributed by atoms with Gasteiger partial charge in [0, 0.05) is 5.69 Å². The summed E-state index contributed by atoms with van der Waals surface area (Å²) in [5.41, 5.74) is 2.37. The molecule has 2 aromatic carbocycles. The fourth-order valence-electron chi connectivity index (χ4n) is 2.37. The molecule has 1 unspecified atom stereocenters. The van der Waals surface area contributed by atoms with E-state index in [4.69, 9.17) is 5.11 Å². The number of amides is 1. The van der Waals surface area contributed by atoms with Gasteiger partial charge in [-0.05, 0) is 29.7 Å². The summed E-state index contributed by atoms with van der Waals surface area (Å²) in [5, 5.41) is 11.6. The summed E-state index contributed by atoms with van der Waals surface area (Å²) in [7, 11) is 0. The lowest BCUT2D eigenvalue weighted by atomic mass is 9.95. The molecule has 4 heteroatoms. The average Bonchev–Trinajstić information content (AvgIpc) is 2.50. The molecule has 0 aliphatic carbocycles. The number of hydrogen-bond acceptors (Lipinski definition) is 2. The van der Waals surface area contributed by atoms with E-state index >= 15 is 0 Å². The van der Waals surface area contributed by atoms with Crippen LogP contribution in [0.2, 0.25) is 0 Å². The normalized spacial score (nSPS) is 11.7. The fraction of sp³-hybridized carbons (Fsp3) is 0.222. The first kappa shape index (κ1) is 15.8. The Kier molecular flexibility index (Phi) is 5.31. The van der Waals surface area contributed by atoms with E-state index in [0.29, 0.717) is 17.7 Å². The highest BCUT2D eigenvalue weighted by atomic mass is 16.4. The van der Waals surface area contributed by atoms with E-state index in [1.54, 1.807) is 24.3 Å². The second-order valence-corrected chi connectivity index (χ2v) is 5.13. The number of anilines is 1. The molecule has 0 fully saturated rings. The summed E-state index contributed by atoms with van der Waals surface area (Å²) < 4.78 is 0. The van der Waals surface area contributed by atoms with Crippen LogP contribution in [0.5, 0.6) is 0 Å². The van der Waals surface area contributed by atoms with Crippen LogP contribution in [-0.4, -0.2) is 17.0 Å². The molecule has 0 aliphatic heterocycles. The molecule has 0 heterocycles. The molecule has 1 atom stereocenters. The van der Waals surface area contributed by atoms with E-state index < -0.39 is 5.97 Å². The lowest BCUT2D eigenvalue weighted by Gasteiger charge is -2.15. The van der Waals surface area contributed by atoms with E-state index in [1.165, 1.54) is 0 Å². The van der Waals surface area contributed by atoms with Crippen molar-refractivity contribution in [2.24, 2.45) is 0 Å². The van der Waals surface area contributed by atoms with Gasteiger partial charge < -0.3 is 10.4 Å². The molecule has 0 saturated heterocycles. The number of carboxylic acid groups (broad SMARTS) is 1. The molecule has 0 saturated carbocycles.